The molecule has 1 aromatic carbocycles. The van der Waals surface area contributed by atoms with Gasteiger partial charge in [-0.15, -0.1) is 0 Å². The van der Waals surface area contributed by atoms with Crippen molar-refractivity contribution in [3.05, 3.63) is 58.5 Å². The van der Waals surface area contributed by atoms with Crippen LogP contribution >= 0.6 is 11.5 Å². The number of carbonyl (C=O) groups is 4. The van der Waals surface area contributed by atoms with E-state index in [2.05, 4.69) is 9.69 Å². The lowest BCUT2D eigenvalue weighted by Crippen LogP contribution is -2.44. The first kappa shape index (κ1) is 28.0. The molecule has 0 spiro atoms. The zero-order valence-corrected chi connectivity index (χ0v) is 21.7. The maximum atomic E-state index is 13.9. The highest BCUT2D eigenvalue weighted by atomic mass is 32.1. The number of hydrogen-bond acceptors (Lipinski definition) is 11. The predicted molar refractivity (Wildman–Crippen MR) is 136 cm³/mol. The fourth-order valence-corrected chi connectivity index (χ4v) is 4.34. The van der Waals surface area contributed by atoms with E-state index in [9.17, 15) is 19.2 Å². The van der Waals surface area contributed by atoms with Crippen LogP contribution in [0.15, 0.2) is 41.0 Å². The second-order valence-corrected chi connectivity index (χ2v) is 8.46. The van der Waals surface area contributed by atoms with Gasteiger partial charge in [0.15, 0.2) is 17.2 Å². The van der Waals surface area contributed by atoms with Gasteiger partial charge >= 0.3 is 5.97 Å². The summed E-state index contributed by atoms with van der Waals surface area (Å²) in [4.78, 5) is 52.2. The Morgan fingerprint density at radius 1 is 1.16 bits per heavy atom. The van der Waals surface area contributed by atoms with E-state index in [0.717, 1.165) is 0 Å². The lowest BCUT2D eigenvalue weighted by Gasteiger charge is -2.30. The number of esters is 1. The fraction of sp³-hybridized carbons (Fsp3) is 0.292. The van der Waals surface area contributed by atoms with E-state index in [4.69, 9.17) is 30.1 Å². The van der Waals surface area contributed by atoms with Crippen LogP contribution in [0.25, 0.3) is 0 Å². The van der Waals surface area contributed by atoms with Gasteiger partial charge in [-0.05, 0) is 48.3 Å². The van der Waals surface area contributed by atoms with Crippen LogP contribution in [0, 0.1) is 0 Å². The SMILES string of the molecule is CCOC(=O)CNC(=O)C(c1ccc(OC)c(OC)c1)N(Cc1ccco1)C(=O)c1snc(C(N)=O)c1N. The summed E-state index contributed by atoms with van der Waals surface area (Å²) >= 11 is 0.668. The number of rotatable bonds is 12. The van der Waals surface area contributed by atoms with Gasteiger partial charge in [0, 0.05) is 0 Å². The molecule has 13 nitrogen and oxygen atoms in total. The van der Waals surface area contributed by atoms with Gasteiger partial charge < -0.3 is 40.3 Å². The Kier molecular flexibility index (Phi) is 9.27. The molecule has 3 aromatic rings. The molecule has 0 bridgehead atoms. The maximum absolute atomic E-state index is 13.9. The summed E-state index contributed by atoms with van der Waals surface area (Å²) in [5, 5.41) is 2.51. The Balaban J connectivity index is 2.13. The molecule has 0 aliphatic carbocycles. The third-order valence-corrected chi connectivity index (χ3v) is 6.17. The number of carbonyl (C=O) groups excluding carboxylic acids is 4. The summed E-state index contributed by atoms with van der Waals surface area (Å²) in [5.74, 6) is -1.96. The zero-order chi connectivity index (χ0) is 27.8. The van der Waals surface area contributed by atoms with Gasteiger partial charge in [-0.1, -0.05) is 6.07 Å². The quantitative estimate of drug-likeness (QED) is 0.281. The second kappa shape index (κ2) is 12.6. The molecular formula is C24H27N5O8S. The molecule has 0 aliphatic rings. The highest BCUT2D eigenvalue weighted by Crippen LogP contribution is 2.35. The summed E-state index contributed by atoms with van der Waals surface area (Å²) in [6.07, 6.45) is 1.41. The van der Waals surface area contributed by atoms with Crippen molar-refractivity contribution < 1.29 is 37.8 Å². The Morgan fingerprint density at radius 3 is 2.47 bits per heavy atom. The van der Waals surface area contributed by atoms with Gasteiger partial charge in [-0.2, -0.15) is 4.37 Å². The average Bonchev–Trinajstić information content (AvgIpc) is 3.56. The Morgan fingerprint density at radius 2 is 1.89 bits per heavy atom. The highest BCUT2D eigenvalue weighted by Gasteiger charge is 2.36. The first-order chi connectivity index (χ1) is 18.2. The van der Waals surface area contributed by atoms with Gasteiger partial charge in [0.05, 0.1) is 39.3 Å². The second-order valence-electron chi connectivity index (χ2n) is 7.69. The Bertz CT molecular complexity index is 1310. The normalized spacial score (nSPS) is 11.3. The number of ether oxygens (including phenoxy) is 3. The fourth-order valence-electron chi connectivity index (χ4n) is 3.57. The predicted octanol–water partition coefficient (Wildman–Crippen LogP) is 1.50. The minimum absolute atomic E-state index is 0.103. The number of hydrogen-bond donors (Lipinski definition) is 3. The Hall–Kier alpha value is -4.59. The molecule has 38 heavy (non-hydrogen) atoms. The highest BCUT2D eigenvalue weighted by molar-refractivity contribution is 7.09. The number of nitrogens with two attached hydrogens (primary N) is 2. The van der Waals surface area contributed by atoms with E-state index < -0.39 is 36.3 Å². The smallest absolute Gasteiger partial charge is 0.325 e. The number of nitrogens with zero attached hydrogens (tertiary/aromatic N) is 2. The maximum Gasteiger partial charge on any atom is 0.325 e. The Labute approximate surface area is 221 Å². The van der Waals surface area contributed by atoms with Crippen molar-refractivity contribution in [1.82, 2.24) is 14.6 Å². The lowest BCUT2D eigenvalue weighted by molar-refractivity contribution is -0.144. The van der Waals surface area contributed by atoms with Crippen molar-refractivity contribution >= 4 is 40.9 Å². The van der Waals surface area contributed by atoms with E-state index in [1.54, 1.807) is 31.2 Å². The molecule has 1 unspecified atom stereocenters. The van der Waals surface area contributed by atoms with Crippen LogP contribution in [0.5, 0.6) is 11.5 Å². The molecule has 202 valence electrons. The van der Waals surface area contributed by atoms with Crippen LogP contribution in [0.3, 0.4) is 0 Å². The molecule has 0 saturated heterocycles. The summed E-state index contributed by atoms with van der Waals surface area (Å²) in [5.41, 5.74) is 11.2. The number of amides is 3. The van der Waals surface area contributed by atoms with Crippen molar-refractivity contribution in [2.45, 2.75) is 19.5 Å². The molecule has 3 rings (SSSR count). The summed E-state index contributed by atoms with van der Waals surface area (Å²) < 4.78 is 24.9. The van der Waals surface area contributed by atoms with Gasteiger partial charge in [0.25, 0.3) is 11.8 Å². The van der Waals surface area contributed by atoms with Crippen molar-refractivity contribution in [2.75, 3.05) is 33.1 Å². The molecule has 0 fully saturated rings. The van der Waals surface area contributed by atoms with Gasteiger partial charge in [0.1, 0.15) is 23.2 Å². The number of benzene rings is 1. The van der Waals surface area contributed by atoms with Gasteiger partial charge in [-0.3, -0.25) is 19.2 Å². The van der Waals surface area contributed by atoms with Crippen LogP contribution in [-0.4, -0.2) is 60.3 Å². The van der Waals surface area contributed by atoms with Crippen LogP contribution in [0.2, 0.25) is 0 Å². The van der Waals surface area contributed by atoms with E-state index in [0.29, 0.717) is 34.4 Å². The molecule has 5 N–H and O–H groups in total. The monoisotopic (exact) mass is 545 g/mol. The average molecular weight is 546 g/mol. The first-order valence-corrected chi connectivity index (χ1v) is 12.0. The molecule has 2 aromatic heterocycles. The van der Waals surface area contributed by atoms with Gasteiger partial charge in [0.2, 0.25) is 5.91 Å². The van der Waals surface area contributed by atoms with Crippen LogP contribution < -0.4 is 26.3 Å². The van der Waals surface area contributed by atoms with E-state index in [1.165, 1.54) is 31.4 Å². The zero-order valence-electron chi connectivity index (χ0n) is 20.9. The molecule has 3 amide bonds. The van der Waals surface area contributed by atoms with Crippen molar-refractivity contribution in [3.8, 4) is 11.5 Å². The van der Waals surface area contributed by atoms with E-state index >= 15 is 0 Å². The number of furan rings is 1. The van der Waals surface area contributed by atoms with Crippen molar-refractivity contribution in [3.63, 3.8) is 0 Å². The number of nitrogens with one attached hydrogen (secondary N) is 1. The van der Waals surface area contributed by atoms with Crippen LogP contribution in [0.4, 0.5) is 5.69 Å². The largest absolute Gasteiger partial charge is 0.493 e. The summed E-state index contributed by atoms with van der Waals surface area (Å²) in [6, 6.07) is 6.59. The molecule has 0 aliphatic heterocycles. The summed E-state index contributed by atoms with van der Waals surface area (Å²) in [6.45, 7) is 1.15. The van der Waals surface area contributed by atoms with Crippen LogP contribution in [0.1, 0.15) is 44.4 Å². The number of aromatic nitrogens is 1. The molecule has 0 saturated carbocycles. The topological polar surface area (TPSA) is 189 Å². The number of primary amides is 1. The molecule has 2 heterocycles. The molecule has 1 atom stereocenters. The minimum Gasteiger partial charge on any atom is -0.493 e. The standard InChI is InChI=1S/C24H27N5O8S/c1-4-36-17(30)11-27-23(32)20(13-7-8-15(34-2)16(10-13)35-3)29(12-14-6-5-9-37-14)24(33)21-18(25)19(22(26)31)28-38-21/h5-10,20H,4,11-12,25H2,1-3H3,(H2,26,31)(H,27,32). The number of methoxy groups -OCH3 is 2. The van der Waals surface area contributed by atoms with Crippen molar-refractivity contribution in [1.29, 1.82) is 0 Å². The van der Waals surface area contributed by atoms with E-state index in [-0.39, 0.29) is 29.4 Å². The molecule has 14 heteroatoms. The van der Waals surface area contributed by atoms with Crippen molar-refractivity contribution in [2.24, 2.45) is 5.73 Å². The number of anilines is 1. The minimum atomic E-state index is -1.32. The first-order valence-electron chi connectivity index (χ1n) is 11.2. The van der Waals surface area contributed by atoms with Gasteiger partial charge in [-0.25, -0.2) is 0 Å². The molecular weight excluding hydrogens is 518 g/mol. The molecule has 0 radical (unpaired) electrons. The lowest BCUT2D eigenvalue weighted by atomic mass is 10.0. The summed E-state index contributed by atoms with van der Waals surface area (Å²) in [7, 11) is 2.88. The third-order valence-electron chi connectivity index (χ3n) is 5.32. The van der Waals surface area contributed by atoms with Crippen LogP contribution in [-0.2, 0) is 20.9 Å². The van der Waals surface area contributed by atoms with E-state index in [1.807, 2.05) is 0 Å². The third kappa shape index (κ3) is 6.21. The number of nitrogen functional groups attached to an aromatic ring is 1.